The maximum absolute atomic E-state index is 13.8. The summed E-state index contributed by atoms with van der Waals surface area (Å²) in [6.07, 6.45) is 2.76. The van der Waals surface area contributed by atoms with Crippen LogP contribution in [0.4, 0.5) is 4.39 Å². The van der Waals surface area contributed by atoms with Crippen LogP contribution in [-0.4, -0.2) is 62.3 Å². The molecule has 0 amide bonds. The SMILES string of the molecule is CN=C(NCCc1ncc(C)s1)NCC(c1cccc(F)c1)N1CCOCC1. The Morgan fingerprint density at radius 2 is 2.18 bits per heavy atom. The van der Waals surface area contributed by atoms with E-state index in [1.54, 1.807) is 30.5 Å². The number of rotatable bonds is 7. The minimum Gasteiger partial charge on any atom is -0.379 e. The van der Waals surface area contributed by atoms with Gasteiger partial charge in [-0.2, -0.15) is 0 Å². The number of hydrogen-bond donors (Lipinski definition) is 2. The van der Waals surface area contributed by atoms with Crippen molar-refractivity contribution in [1.82, 2.24) is 20.5 Å². The molecule has 28 heavy (non-hydrogen) atoms. The first-order chi connectivity index (χ1) is 13.7. The number of nitrogens with one attached hydrogen (secondary N) is 2. The van der Waals surface area contributed by atoms with Crippen molar-refractivity contribution < 1.29 is 9.13 Å². The molecule has 1 aliphatic heterocycles. The average Bonchev–Trinajstić information content (AvgIpc) is 3.13. The summed E-state index contributed by atoms with van der Waals surface area (Å²) in [7, 11) is 1.76. The molecular weight excluding hydrogens is 377 g/mol. The number of thiazole rings is 1. The van der Waals surface area contributed by atoms with Crippen molar-refractivity contribution in [3.05, 3.63) is 51.7 Å². The summed E-state index contributed by atoms with van der Waals surface area (Å²) >= 11 is 1.72. The third kappa shape index (κ3) is 5.98. The standard InChI is InChI=1S/C20H28FN5OS/c1-15-13-24-19(28-15)6-7-23-20(22-2)25-14-18(26-8-10-27-11-9-26)16-4-3-5-17(21)12-16/h3-5,12-13,18H,6-11,14H2,1-2H3,(H2,22,23,25). The number of ether oxygens (including phenoxy) is 1. The van der Waals surface area contributed by atoms with Gasteiger partial charge in [0.05, 0.1) is 24.3 Å². The van der Waals surface area contributed by atoms with Gasteiger partial charge in [-0.15, -0.1) is 11.3 Å². The van der Waals surface area contributed by atoms with E-state index in [4.69, 9.17) is 4.74 Å². The molecule has 152 valence electrons. The molecule has 1 aromatic heterocycles. The van der Waals surface area contributed by atoms with Crippen LogP contribution in [0.1, 0.15) is 21.5 Å². The number of aryl methyl sites for hydroxylation is 1. The zero-order valence-electron chi connectivity index (χ0n) is 16.4. The Morgan fingerprint density at radius 1 is 1.36 bits per heavy atom. The van der Waals surface area contributed by atoms with Gasteiger partial charge in [0.25, 0.3) is 0 Å². The van der Waals surface area contributed by atoms with Gasteiger partial charge in [0.2, 0.25) is 0 Å². The van der Waals surface area contributed by atoms with Crippen LogP contribution in [0.2, 0.25) is 0 Å². The van der Waals surface area contributed by atoms with E-state index in [0.29, 0.717) is 19.8 Å². The monoisotopic (exact) mass is 405 g/mol. The van der Waals surface area contributed by atoms with E-state index in [9.17, 15) is 4.39 Å². The summed E-state index contributed by atoms with van der Waals surface area (Å²) in [6, 6.07) is 6.89. The van der Waals surface area contributed by atoms with Crippen LogP contribution in [0.3, 0.4) is 0 Å². The summed E-state index contributed by atoms with van der Waals surface area (Å²) in [4.78, 5) is 12.3. The fourth-order valence-electron chi connectivity index (χ4n) is 3.28. The Kier molecular flexibility index (Phi) is 7.76. The first kappa shape index (κ1) is 20.7. The lowest BCUT2D eigenvalue weighted by atomic mass is 10.0. The number of aromatic nitrogens is 1. The minimum absolute atomic E-state index is 0.0553. The van der Waals surface area contributed by atoms with Crippen molar-refractivity contribution in [3.63, 3.8) is 0 Å². The summed E-state index contributed by atoms with van der Waals surface area (Å²) in [5, 5.41) is 7.85. The second-order valence-electron chi connectivity index (χ2n) is 6.71. The maximum Gasteiger partial charge on any atom is 0.191 e. The molecule has 8 heteroatoms. The van der Waals surface area contributed by atoms with E-state index in [-0.39, 0.29) is 11.9 Å². The van der Waals surface area contributed by atoms with Gasteiger partial charge in [0.1, 0.15) is 5.82 Å². The zero-order valence-corrected chi connectivity index (χ0v) is 17.3. The highest BCUT2D eigenvalue weighted by atomic mass is 32.1. The highest BCUT2D eigenvalue weighted by molar-refractivity contribution is 7.11. The van der Waals surface area contributed by atoms with Crippen molar-refractivity contribution in [2.45, 2.75) is 19.4 Å². The number of aliphatic imine (C=N–C) groups is 1. The molecule has 2 heterocycles. The number of nitrogens with zero attached hydrogens (tertiary/aromatic N) is 3. The van der Waals surface area contributed by atoms with Crippen LogP contribution in [0, 0.1) is 12.7 Å². The highest BCUT2D eigenvalue weighted by Crippen LogP contribution is 2.22. The van der Waals surface area contributed by atoms with Gasteiger partial charge in [-0.25, -0.2) is 9.37 Å². The fraction of sp³-hybridized carbons (Fsp3) is 0.500. The molecule has 0 spiro atoms. The van der Waals surface area contributed by atoms with Crippen LogP contribution < -0.4 is 10.6 Å². The van der Waals surface area contributed by atoms with Gasteiger partial charge in [-0.05, 0) is 24.6 Å². The van der Waals surface area contributed by atoms with Gasteiger partial charge in [-0.1, -0.05) is 12.1 Å². The maximum atomic E-state index is 13.8. The molecule has 1 unspecified atom stereocenters. The highest BCUT2D eigenvalue weighted by Gasteiger charge is 2.23. The Bertz CT molecular complexity index is 775. The first-order valence-corrected chi connectivity index (χ1v) is 10.4. The molecule has 1 fully saturated rings. The van der Waals surface area contributed by atoms with E-state index in [2.05, 4.69) is 32.4 Å². The Balaban J connectivity index is 1.57. The lowest BCUT2D eigenvalue weighted by Crippen LogP contribution is -2.46. The molecule has 2 N–H and O–H groups in total. The predicted octanol–water partition coefficient (Wildman–Crippen LogP) is 2.37. The molecular formula is C20H28FN5OS. The topological polar surface area (TPSA) is 61.8 Å². The average molecular weight is 406 g/mol. The van der Waals surface area contributed by atoms with Crippen molar-refractivity contribution in [2.24, 2.45) is 4.99 Å². The second-order valence-corrected chi connectivity index (χ2v) is 8.03. The van der Waals surface area contributed by atoms with Crippen LogP contribution in [0.5, 0.6) is 0 Å². The molecule has 6 nitrogen and oxygen atoms in total. The van der Waals surface area contributed by atoms with Gasteiger partial charge in [0, 0.05) is 50.7 Å². The molecule has 0 radical (unpaired) electrons. The van der Waals surface area contributed by atoms with Gasteiger partial charge in [0.15, 0.2) is 5.96 Å². The normalized spacial score (nSPS) is 16.8. The van der Waals surface area contributed by atoms with E-state index in [1.807, 2.05) is 12.3 Å². The molecule has 3 rings (SSSR count). The van der Waals surface area contributed by atoms with Gasteiger partial charge in [-0.3, -0.25) is 9.89 Å². The molecule has 1 saturated heterocycles. The lowest BCUT2D eigenvalue weighted by Gasteiger charge is -2.35. The molecule has 2 aromatic rings. The summed E-state index contributed by atoms with van der Waals surface area (Å²) in [5.74, 6) is 0.528. The summed E-state index contributed by atoms with van der Waals surface area (Å²) < 4.78 is 19.3. The fourth-order valence-corrected chi connectivity index (χ4v) is 4.07. The molecule has 0 saturated carbocycles. The minimum atomic E-state index is -0.211. The summed E-state index contributed by atoms with van der Waals surface area (Å²) in [6.45, 7) is 6.52. The lowest BCUT2D eigenvalue weighted by molar-refractivity contribution is 0.0169. The van der Waals surface area contributed by atoms with Crippen molar-refractivity contribution in [1.29, 1.82) is 0 Å². The Morgan fingerprint density at radius 3 is 2.86 bits per heavy atom. The van der Waals surface area contributed by atoms with Crippen molar-refractivity contribution in [3.8, 4) is 0 Å². The number of guanidine groups is 1. The van der Waals surface area contributed by atoms with E-state index in [1.165, 1.54) is 10.9 Å². The van der Waals surface area contributed by atoms with Crippen molar-refractivity contribution >= 4 is 17.3 Å². The van der Waals surface area contributed by atoms with Crippen molar-refractivity contribution in [2.75, 3.05) is 46.4 Å². The van der Waals surface area contributed by atoms with E-state index < -0.39 is 0 Å². The molecule has 0 aliphatic carbocycles. The number of halogens is 1. The number of benzene rings is 1. The second kappa shape index (κ2) is 10.5. The third-order valence-corrected chi connectivity index (χ3v) is 5.68. The zero-order chi connectivity index (χ0) is 19.8. The van der Waals surface area contributed by atoms with Crippen LogP contribution >= 0.6 is 11.3 Å². The van der Waals surface area contributed by atoms with Gasteiger partial charge >= 0.3 is 0 Å². The molecule has 1 aliphatic rings. The molecule has 0 bridgehead atoms. The van der Waals surface area contributed by atoms with Crippen LogP contribution in [0.25, 0.3) is 0 Å². The summed E-state index contributed by atoms with van der Waals surface area (Å²) in [5.41, 5.74) is 0.961. The largest absolute Gasteiger partial charge is 0.379 e. The van der Waals surface area contributed by atoms with E-state index in [0.717, 1.165) is 42.6 Å². The van der Waals surface area contributed by atoms with E-state index >= 15 is 0 Å². The Hall–Kier alpha value is -2.03. The molecule has 1 atom stereocenters. The first-order valence-electron chi connectivity index (χ1n) is 9.59. The Labute approximate surface area is 169 Å². The van der Waals surface area contributed by atoms with Gasteiger partial charge < -0.3 is 15.4 Å². The number of morpholine rings is 1. The predicted molar refractivity (Wildman–Crippen MR) is 111 cm³/mol. The quantitative estimate of drug-likeness (QED) is 0.547. The van der Waals surface area contributed by atoms with Crippen LogP contribution in [0.15, 0.2) is 35.5 Å². The smallest absolute Gasteiger partial charge is 0.191 e. The molecule has 1 aromatic carbocycles. The van der Waals surface area contributed by atoms with Crippen LogP contribution in [-0.2, 0) is 11.2 Å². The third-order valence-electron chi connectivity index (χ3n) is 4.71. The number of hydrogen-bond acceptors (Lipinski definition) is 5.